The number of sulfone groups is 1. The Hall–Kier alpha value is -3.20. The highest BCUT2D eigenvalue weighted by molar-refractivity contribution is 7.92. The predicted octanol–water partition coefficient (Wildman–Crippen LogP) is 3.06. The number of rotatable bonds is 8. The second-order valence-electron chi connectivity index (χ2n) is 6.99. The lowest BCUT2D eigenvalue weighted by Gasteiger charge is -2.21. The van der Waals surface area contributed by atoms with Crippen LogP contribution in [0.1, 0.15) is 12.5 Å². The van der Waals surface area contributed by atoms with E-state index >= 15 is 0 Å². The van der Waals surface area contributed by atoms with Gasteiger partial charge in [-0.05, 0) is 30.2 Å². The maximum atomic E-state index is 13.9. The third-order valence-electron chi connectivity index (χ3n) is 4.93. The van der Waals surface area contributed by atoms with E-state index in [4.69, 9.17) is 4.74 Å². The molecule has 1 aromatic heterocycles. The van der Waals surface area contributed by atoms with Gasteiger partial charge < -0.3 is 14.2 Å². The Balaban J connectivity index is 1.78. The van der Waals surface area contributed by atoms with Gasteiger partial charge in [0.05, 0.1) is 19.0 Å². The van der Waals surface area contributed by atoms with E-state index in [1.54, 1.807) is 20.0 Å². The first-order valence-electron chi connectivity index (χ1n) is 9.67. The van der Waals surface area contributed by atoms with E-state index in [9.17, 15) is 17.6 Å². The topological polar surface area (TPSA) is 81.5 Å². The number of carbonyl (C=O) groups excluding carboxylic acids is 1. The Morgan fingerprint density at radius 3 is 2.52 bits per heavy atom. The van der Waals surface area contributed by atoms with Crippen LogP contribution in [0, 0.1) is 5.82 Å². The van der Waals surface area contributed by atoms with Crippen LogP contribution in [0.2, 0.25) is 0 Å². The van der Waals surface area contributed by atoms with E-state index in [1.165, 1.54) is 34.9 Å². The number of halogens is 1. The average Bonchev–Trinajstić information content (AvgIpc) is 3.14. The third-order valence-corrected chi connectivity index (χ3v) is 6.49. The zero-order valence-corrected chi connectivity index (χ0v) is 18.4. The molecule has 0 atom stereocenters. The summed E-state index contributed by atoms with van der Waals surface area (Å²) in [4.78, 5) is 18.2. The van der Waals surface area contributed by atoms with Crippen LogP contribution in [-0.4, -0.2) is 48.2 Å². The summed E-state index contributed by atoms with van der Waals surface area (Å²) in [5.74, 6) is -1.75. The molecule has 0 aliphatic heterocycles. The maximum Gasteiger partial charge on any atom is 0.238 e. The highest BCUT2D eigenvalue weighted by Gasteiger charge is 2.28. The van der Waals surface area contributed by atoms with Crippen molar-refractivity contribution in [2.24, 2.45) is 7.05 Å². The van der Waals surface area contributed by atoms with Crippen LogP contribution >= 0.6 is 0 Å². The fourth-order valence-electron chi connectivity index (χ4n) is 3.28. The molecule has 0 radical (unpaired) electrons. The fraction of sp³-hybridized carbons (Fsp3) is 0.273. The van der Waals surface area contributed by atoms with Crippen molar-refractivity contribution in [1.82, 2.24) is 14.5 Å². The van der Waals surface area contributed by atoms with Crippen LogP contribution in [-0.2, 0) is 28.2 Å². The Bertz CT molecular complexity index is 1180. The molecule has 0 aliphatic rings. The molecule has 7 nitrogen and oxygen atoms in total. The van der Waals surface area contributed by atoms with Gasteiger partial charge in [0.2, 0.25) is 20.9 Å². The molecule has 3 rings (SSSR count). The normalized spacial score (nSPS) is 11.4. The standard InChI is InChI=1S/C22H24FN3O4S/c1-4-26(14-16-10-11-20(30-3)18(23)12-16)21(27)15-31(28,29)22-24-13-19(25(22)2)17-8-6-5-7-9-17/h5-13H,4,14-15H2,1-3H3. The lowest BCUT2D eigenvalue weighted by atomic mass is 10.2. The number of hydrogen-bond donors (Lipinski definition) is 0. The number of imidazole rings is 1. The summed E-state index contributed by atoms with van der Waals surface area (Å²) in [6, 6.07) is 13.6. The van der Waals surface area contributed by atoms with Gasteiger partial charge in [0, 0.05) is 20.1 Å². The van der Waals surface area contributed by atoms with Gasteiger partial charge in [-0.25, -0.2) is 17.8 Å². The maximum absolute atomic E-state index is 13.9. The summed E-state index contributed by atoms with van der Waals surface area (Å²) in [6.45, 7) is 2.10. The number of aromatic nitrogens is 2. The molecule has 0 bridgehead atoms. The summed E-state index contributed by atoms with van der Waals surface area (Å²) in [5, 5.41) is -0.175. The van der Waals surface area contributed by atoms with Crippen LogP contribution in [0.4, 0.5) is 4.39 Å². The van der Waals surface area contributed by atoms with Gasteiger partial charge >= 0.3 is 0 Å². The molecule has 31 heavy (non-hydrogen) atoms. The highest BCUT2D eigenvalue weighted by Crippen LogP contribution is 2.23. The molecule has 1 heterocycles. The molecule has 0 spiro atoms. The van der Waals surface area contributed by atoms with Crippen molar-refractivity contribution in [2.45, 2.75) is 18.6 Å². The second-order valence-corrected chi connectivity index (χ2v) is 8.87. The SMILES string of the molecule is CCN(Cc1ccc(OC)c(F)c1)C(=O)CS(=O)(=O)c1ncc(-c2ccccc2)n1C. The van der Waals surface area contributed by atoms with E-state index in [0.29, 0.717) is 11.3 Å². The molecule has 0 N–H and O–H groups in total. The van der Waals surface area contributed by atoms with Crippen molar-refractivity contribution in [3.8, 4) is 17.0 Å². The van der Waals surface area contributed by atoms with E-state index in [1.807, 2.05) is 30.3 Å². The number of benzene rings is 2. The van der Waals surface area contributed by atoms with Crippen LogP contribution in [0.3, 0.4) is 0 Å². The van der Waals surface area contributed by atoms with Crippen molar-refractivity contribution >= 4 is 15.7 Å². The number of nitrogens with zero attached hydrogens (tertiary/aromatic N) is 3. The predicted molar refractivity (Wildman–Crippen MR) is 115 cm³/mol. The number of hydrogen-bond acceptors (Lipinski definition) is 5. The Labute approximate surface area is 181 Å². The number of ether oxygens (including phenoxy) is 1. The van der Waals surface area contributed by atoms with Crippen molar-refractivity contribution in [3.63, 3.8) is 0 Å². The van der Waals surface area contributed by atoms with Crippen molar-refractivity contribution in [3.05, 3.63) is 66.1 Å². The first kappa shape index (κ1) is 22.5. The van der Waals surface area contributed by atoms with Crippen LogP contribution in [0.5, 0.6) is 5.75 Å². The minimum absolute atomic E-state index is 0.0849. The molecule has 0 saturated carbocycles. The lowest BCUT2D eigenvalue weighted by molar-refractivity contribution is -0.128. The fourth-order valence-corrected chi connectivity index (χ4v) is 4.65. The molecule has 164 valence electrons. The average molecular weight is 446 g/mol. The van der Waals surface area contributed by atoms with Gasteiger partial charge in [-0.3, -0.25) is 4.79 Å². The lowest BCUT2D eigenvalue weighted by Crippen LogP contribution is -2.35. The quantitative estimate of drug-likeness (QED) is 0.532. The Kier molecular flexibility index (Phi) is 6.74. The van der Waals surface area contributed by atoms with Crippen molar-refractivity contribution in [1.29, 1.82) is 0 Å². The molecule has 0 saturated heterocycles. The minimum atomic E-state index is -3.98. The second kappa shape index (κ2) is 9.30. The molecule has 1 amide bonds. The molecule has 2 aromatic carbocycles. The molecule has 0 fully saturated rings. The van der Waals surface area contributed by atoms with Crippen LogP contribution in [0.25, 0.3) is 11.3 Å². The van der Waals surface area contributed by atoms with E-state index < -0.39 is 27.3 Å². The van der Waals surface area contributed by atoms with Gasteiger partial charge in [-0.1, -0.05) is 36.4 Å². The molecule has 9 heteroatoms. The van der Waals surface area contributed by atoms with Gasteiger partial charge in [-0.2, -0.15) is 0 Å². The molecular weight excluding hydrogens is 421 g/mol. The van der Waals surface area contributed by atoms with Gasteiger partial charge in [0.15, 0.2) is 11.6 Å². The summed E-state index contributed by atoms with van der Waals surface area (Å²) >= 11 is 0. The van der Waals surface area contributed by atoms with Crippen LogP contribution in [0.15, 0.2) is 59.9 Å². The van der Waals surface area contributed by atoms with Crippen molar-refractivity contribution < 1.29 is 22.3 Å². The first-order chi connectivity index (χ1) is 14.8. The minimum Gasteiger partial charge on any atom is -0.494 e. The van der Waals surface area contributed by atoms with Crippen molar-refractivity contribution in [2.75, 3.05) is 19.4 Å². The molecule has 0 unspecified atom stereocenters. The molecular formula is C22H24FN3O4S. The Morgan fingerprint density at radius 2 is 1.90 bits per heavy atom. The summed E-state index contributed by atoms with van der Waals surface area (Å²) in [5.41, 5.74) is 1.99. The molecule has 3 aromatic rings. The summed E-state index contributed by atoms with van der Waals surface area (Å²) in [6.07, 6.45) is 1.48. The smallest absolute Gasteiger partial charge is 0.238 e. The van der Waals surface area contributed by atoms with E-state index in [2.05, 4.69) is 4.98 Å². The monoisotopic (exact) mass is 445 g/mol. The number of methoxy groups -OCH3 is 1. The summed E-state index contributed by atoms with van der Waals surface area (Å²) < 4.78 is 46.1. The number of carbonyl (C=O) groups is 1. The zero-order valence-electron chi connectivity index (χ0n) is 17.6. The van der Waals surface area contributed by atoms with E-state index in [0.717, 1.165) is 5.56 Å². The zero-order chi connectivity index (χ0) is 22.6. The van der Waals surface area contributed by atoms with Gasteiger partial charge in [0.1, 0.15) is 5.75 Å². The number of amides is 1. The van der Waals surface area contributed by atoms with E-state index in [-0.39, 0.29) is 24.0 Å². The summed E-state index contributed by atoms with van der Waals surface area (Å²) in [7, 11) is -1.01. The first-order valence-corrected chi connectivity index (χ1v) is 11.3. The van der Waals surface area contributed by atoms with Gasteiger partial charge in [0.25, 0.3) is 0 Å². The largest absolute Gasteiger partial charge is 0.494 e. The highest BCUT2D eigenvalue weighted by atomic mass is 32.2. The third kappa shape index (κ3) is 4.93. The Morgan fingerprint density at radius 1 is 1.19 bits per heavy atom. The van der Waals surface area contributed by atoms with Crippen LogP contribution < -0.4 is 4.74 Å². The van der Waals surface area contributed by atoms with Gasteiger partial charge in [-0.15, -0.1) is 0 Å². The molecule has 0 aliphatic carbocycles.